The fourth-order valence-corrected chi connectivity index (χ4v) is 2.35. The molecular weight excluding hydrogens is 304 g/mol. The largest absolute Gasteiger partial charge is 0.461 e. The van der Waals surface area contributed by atoms with Crippen LogP contribution in [-0.2, 0) is 0 Å². The van der Waals surface area contributed by atoms with E-state index >= 15 is 0 Å². The van der Waals surface area contributed by atoms with Crippen LogP contribution in [0.3, 0.4) is 0 Å². The van der Waals surface area contributed by atoms with Crippen LogP contribution >= 0.6 is 0 Å². The standard InChI is InChI=1S/C14H16F4N2O2/c15-13(16)14(17,18)22-11-4-2-1-3-10(11)12(21)20-9-6-5-8(19)7-9/h1-4,8-9,13H,5-7,19H2,(H,20,21)/t8-,9-/m1/s1. The molecule has 4 nitrogen and oxygen atoms in total. The first kappa shape index (κ1) is 16.5. The van der Waals surface area contributed by atoms with Crippen molar-refractivity contribution >= 4 is 5.91 Å². The summed E-state index contributed by atoms with van der Waals surface area (Å²) in [6.07, 6.45) is -6.62. The molecule has 0 unspecified atom stereocenters. The molecule has 22 heavy (non-hydrogen) atoms. The Kier molecular flexibility index (Phi) is 4.90. The number of halogens is 4. The normalized spacial score (nSPS) is 21.9. The summed E-state index contributed by atoms with van der Waals surface area (Å²) in [4.78, 5) is 12.1. The fourth-order valence-electron chi connectivity index (χ4n) is 2.35. The van der Waals surface area contributed by atoms with Gasteiger partial charge in [0.2, 0.25) is 0 Å². The second-order valence-corrected chi connectivity index (χ2v) is 5.20. The van der Waals surface area contributed by atoms with Crippen LogP contribution in [0.25, 0.3) is 0 Å². The highest BCUT2D eigenvalue weighted by atomic mass is 19.3. The number of hydrogen-bond donors (Lipinski definition) is 2. The summed E-state index contributed by atoms with van der Waals surface area (Å²) in [6.45, 7) is 0. The van der Waals surface area contributed by atoms with Gasteiger partial charge in [-0.25, -0.2) is 0 Å². The van der Waals surface area contributed by atoms with Crippen molar-refractivity contribution in [2.45, 2.75) is 43.9 Å². The minimum Gasteiger partial charge on any atom is -0.427 e. The maximum atomic E-state index is 13.0. The number of ether oxygens (including phenoxy) is 1. The van der Waals surface area contributed by atoms with E-state index < -0.39 is 24.2 Å². The molecule has 8 heteroatoms. The van der Waals surface area contributed by atoms with Gasteiger partial charge in [0.1, 0.15) is 5.75 Å². The molecule has 0 radical (unpaired) electrons. The molecule has 0 saturated heterocycles. The summed E-state index contributed by atoms with van der Waals surface area (Å²) >= 11 is 0. The molecule has 1 aromatic rings. The molecular formula is C14H16F4N2O2. The van der Waals surface area contributed by atoms with Crippen LogP contribution in [0.15, 0.2) is 24.3 Å². The van der Waals surface area contributed by atoms with Gasteiger partial charge in [-0.1, -0.05) is 12.1 Å². The van der Waals surface area contributed by atoms with Crippen molar-refractivity contribution in [1.82, 2.24) is 5.32 Å². The van der Waals surface area contributed by atoms with Gasteiger partial charge in [-0.15, -0.1) is 0 Å². The zero-order chi connectivity index (χ0) is 16.3. The van der Waals surface area contributed by atoms with Crippen LogP contribution in [0.5, 0.6) is 5.75 Å². The van der Waals surface area contributed by atoms with E-state index in [0.717, 1.165) is 12.5 Å². The lowest BCUT2D eigenvalue weighted by atomic mass is 10.1. The SMILES string of the molecule is N[C@@H]1CC[C@@H](NC(=O)c2ccccc2OC(F)(F)C(F)F)C1. The zero-order valence-corrected chi connectivity index (χ0v) is 11.6. The molecule has 0 aliphatic heterocycles. The van der Waals surface area contributed by atoms with Crippen LogP contribution in [0.4, 0.5) is 17.6 Å². The Morgan fingerprint density at radius 3 is 2.59 bits per heavy atom. The molecule has 1 saturated carbocycles. The number of rotatable bonds is 5. The number of amides is 1. The number of carbonyl (C=O) groups is 1. The number of alkyl halides is 4. The van der Waals surface area contributed by atoms with Gasteiger partial charge in [0.15, 0.2) is 0 Å². The maximum Gasteiger partial charge on any atom is 0.461 e. The minimum atomic E-state index is -4.66. The molecule has 3 N–H and O–H groups in total. The first-order valence-electron chi connectivity index (χ1n) is 6.80. The summed E-state index contributed by atoms with van der Waals surface area (Å²) in [5, 5.41) is 2.65. The van der Waals surface area contributed by atoms with Gasteiger partial charge in [0.05, 0.1) is 5.56 Å². The van der Waals surface area contributed by atoms with Crippen molar-refractivity contribution in [3.8, 4) is 5.75 Å². The van der Waals surface area contributed by atoms with Gasteiger partial charge in [0, 0.05) is 12.1 Å². The van der Waals surface area contributed by atoms with Crippen LogP contribution < -0.4 is 15.8 Å². The third-order valence-corrected chi connectivity index (χ3v) is 3.44. The van der Waals surface area contributed by atoms with E-state index in [2.05, 4.69) is 10.1 Å². The smallest absolute Gasteiger partial charge is 0.427 e. The maximum absolute atomic E-state index is 13.0. The van der Waals surface area contributed by atoms with E-state index in [4.69, 9.17) is 5.73 Å². The average Bonchev–Trinajstić information content (AvgIpc) is 2.84. The number of carbonyl (C=O) groups excluding carboxylic acids is 1. The Hall–Kier alpha value is -1.83. The molecule has 1 aliphatic rings. The van der Waals surface area contributed by atoms with Crippen LogP contribution in [-0.4, -0.2) is 30.5 Å². The predicted molar refractivity (Wildman–Crippen MR) is 71.1 cm³/mol. The highest BCUT2D eigenvalue weighted by Crippen LogP contribution is 2.30. The predicted octanol–water partition coefficient (Wildman–Crippen LogP) is 2.53. The van der Waals surface area contributed by atoms with Crippen LogP contribution in [0.1, 0.15) is 29.6 Å². The highest BCUT2D eigenvalue weighted by molar-refractivity contribution is 5.97. The van der Waals surface area contributed by atoms with E-state index in [-0.39, 0.29) is 17.6 Å². The molecule has 0 heterocycles. The summed E-state index contributed by atoms with van der Waals surface area (Å²) in [6, 6.07) is 4.86. The van der Waals surface area contributed by atoms with Crippen molar-refractivity contribution in [2.24, 2.45) is 5.73 Å². The number of benzene rings is 1. The monoisotopic (exact) mass is 320 g/mol. The Labute approximate surface area is 124 Å². The third kappa shape index (κ3) is 3.88. The van der Waals surface area contributed by atoms with E-state index in [1.165, 1.54) is 18.2 Å². The first-order valence-corrected chi connectivity index (χ1v) is 6.80. The molecule has 122 valence electrons. The van der Waals surface area contributed by atoms with E-state index in [1.54, 1.807) is 0 Å². The van der Waals surface area contributed by atoms with Crippen molar-refractivity contribution in [3.63, 3.8) is 0 Å². The lowest BCUT2D eigenvalue weighted by Crippen LogP contribution is -2.36. The van der Waals surface area contributed by atoms with Crippen LogP contribution in [0.2, 0.25) is 0 Å². The first-order chi connectivity index (χ1) is 10.3. The Morgan fingerprint density at radius 2 is 2.00 bits per heavy atom. The van der Waals surface area contributed by atoms with Gasteiger partial charge in [0.25, 0.3) is 5.91 Å². The zero-order valence-electron chi connectivity index (χ0n) is 11.6. The minimum absolute atomic E-state index is 0.0139. The van der Waals surface area contributed by atoms with Gasteiger partial charge >= 0.3 is 12.5 Å². The van der Waals surface area contributed by atoms with Crippen LogP contribution in [0, 0.1) is 0 Å². The molecule has 1 aromatic carbocycles. The number of para-hydroxylation sites is 1. The molecule has 1 fully saturated rings. The van der Waals surface area contributed by atoms with Crippen molar-refractivity contribution < 1.29 is 27.1 Å². The molecule has 0 spiro atoms. The summed E-state index contributed by atoms with van der Waals surface area (Å²) in [7, 11) is 0. The van der Waals surface area contributed by atoms with E-state index in [0.29, 0.717) is 12.8 Å². The van der Waals surface area contributed by atoms with Gasteiger partial charge in [-0.3, -0.25) is 4.79 Å². The molecule has 0 aromatic heterocycles. The lowest BCUT2D eigenvalue weighted by molar-refractivity contribution is -0.253. The summed E-state index contributed by atoms with van der Waals surface area (Å²) in [5.74, 6) is -1.24. The van der Waals surface area contributed by atoms with Gasteiger partial charge in [-0.2, -0.15) is 17.6 Å². The Balaban J connectivity index is 2.12. The van der Waals surface area contributed by atoms with Gasteiger partial charge < -0.3 is 15.8 Å². The Bertz CT molecular complexity index is 539. The van der Waals surface area contributed by atoms with Crippen molar-refractivity contribution in [2.75, 3.05) is 0 Å². The number of nitrogens with two attached hydrogens (primary N) is 1. The quantitative estimate of drug-likeness (QED) is 0.820. The fraction of sp³-hybridized carbons (Fsp3) is 0.500. The molecule has 2 rings (SSSR count). The van der Waals surface area contributed by atoms with E-state index in [9.17, 15) is 22.4 Å². The molecule has 2 atom stereocenters. The highest BCUT2D eigenvalue weighted by Gasteiger charge is 2.44. The van der Waals surface area contributed by atoms with Gasteiger partial charge in [-0.05, 0) is 31.4 Å². The lowest BCUT2D eigenvalue weighted by Gasteiger charge is -2.19. The second kappa shape index (κ2) is 6.51. The number of nitrogens with one attached hydrogen (secondary N) is 1. The Morgan fingerprint density at radius 1 is 1.32 bits per heavy atom. The third-order valence-electron chi connectivity index (χ3n) is 3.44. The van der Waals surface area contributed by atoms with E-state index in [1.807, 2.05) is 0 Å². The molecule has 0 bridgehead atoms. The second-order valence-electron chi connectivity index (χ2n) is 5.20. The molecule has 1 amide bonds. The molecule has 1 aliphatic carbocycles. The van der Waals surface area contributed by atoms with Crippen molar-refractivity contribution in [3.05, 3.63) is 29.8 Å². The summed E-state index contributed by atoms with van der Waals surface area (Å²) < 4.78 is 54.5. The number of hydrogen-bond acceptors (Lipinski definition) is 3. The topological polar surface area (TPSA) is 64.3 Å². The van der Waals surface area contributed by atoms with Crippen molar-refractivity contribution in [1.29, 1.82) is 0 Å². The average molecular weight is 320 g/mol. The summed E-state index contributed by atoms with van der Waals surface area (Å²) in [5.41, 5.74) is 5.51.